The minimum Gasteiger partial charge on any atom is -0.335 e. The Morgan fingerprint density at radius 2 is 1.82 bits per heavy atom. The van der Waals surface area contributed by atoms with Gasteiger partial charge in [0, 0.05) is 43.3 Å². The second-order valence-electron chi connectivity index (χ2n) is 7.23. The second-order valence-corrected chi connectivity index (χ2v) is 7.67. The molecule has 2 aromatic carbocycles. The van der Waals surface area contributed by atoms with Crippen LogP contribution in [0.2, 0.25) is 5.02 Å². The molecule has 0 aliphatic carbocycles. The molecule has 6 heteroatoms. The standard InChI is InChI=1S/C22H23ClN4O/c1-16-3-2-4-17(13-16)15-26-9-11-27(12-10-26)22(28)21-14-20(24-25-21)18-5-7-19(23)8-6-18/h2-8,13-14H,9-12,15H2,1H3,(H,24,25). The summed E-state index contributed by atoms with van der Waals surface area (Å²) in [6.07, 6.45) is 0. The molecule has 1 aliphatic heterocycles. The van der Waals surface area contributed by atoms with Crippen molar-refractivity contribution >= 4 is 17.5 Å². The molecule has 0 atom stereocenters. The van der Waals surface area contributed by atoms with Crippen LogP contribution < -0.4 is 0 Å². The van der Waals surface area contributed by atoms with Crippen molar-refractivity contribution in [3.05, 3.63) is 76.4 Å². The van der Waals surface area contributed by atoms with Crippen molar-refractivity contribution in [3.63, 3.8) is 0 Å². The molecule has 0 radical (unpaired) electrons. The second kappa shape index (κ2) is 8.17. The van der Waals surface area contributed by atoms with Gasteiger partial charge in [0.1, 0.15) is 5.69 Å². The average molecular weight is 395 g/mol. The van der Waals surface area contributed by atoms with Crippen molar-refractivity contribution in [1.29, 1.82) is 0 Å². The normalized spacial score (nSPS) is 15.0. The molecule has 1 aromatic heterocycles. The molecule has 2 heterocycles. The number of rotatable bonds is 4. The van der Waals surface area contributed by atoms with Gasteiger partial charge >= 0.3 is 0 Å². The van der Waals surface area contributed by atoms with Crippen LogP contribution in [-0.4, -0.2) is 52.1 Å². The topological polar surface area (TPSA) is 52.2 Å². The van der Waals surface area contributed by atoms with Gasteiger partial charge in [-0.1, -0.05) is 53.6 Å². The molecule has 0 spiro atoms. The maximum Gasteiger partial charge on any atom is 0.271 e. The number of carbonyl (C=O) groups excluding carboxylic acids is 1. The summed E-state index contributed by atoms with van der Waals surface area (Å²) < 4.78 is 0. The number of aryl methyl sites for hydroxylation is 1. The van der Waals surface area contributed by atoms with Gasteiger partial charge in [-0.2, -0.15) is 5.10 Å². The number of hydrogen-bond donors (Lipinski definition) is 1. The highest BCUT2D eigenvalue weighted by Gasteiger charge is 2.23. The summed E-state index contributed by atoms with van der Waals surface area (Å²) in [5.41, 5.74) is 4.81. The maximum absolute atomic E-state index is 12.8. The zero-order valence-corrected chi connectivity index (χ0v) is 16.6. The Morgan fingerprint density at radius 1 is 1.07 bits per heavy atom. The highest BCUT2D eigenvalue weighted by atomic mass is 35.5. The lowest BCUT2D eigenvalue weighted by molar-refractivity contribution is 0.0622. The van der Waals surface area contributed by atoms with Crippen molar-refractivity contribution in [2.24, 2.45) is 0 Å². The van der Waals surface area contributed by atoms with E-state index >= 15 is 0 Å². The summed E-state index contributed by atoms with van der Waals surface area (Å²) in [6.45, 7) is 6.23. The Labute approximate surface area is 169 Å². The van der Waals surface area contributed by atoms with Crippen LogP contribution in [0.3, 0.4) is 0 Å². The van der Waals surface area contributed by atoms with Gasteiger partial charge in [0.25, 0.3) is 5.91 Å². The third-order valence-corrected chi connectivity index (χ3v) is 5.35. The molecule has 0 saturated carbocycles. The smallest absolute Gasteiger partial charge is 0.271 e. The number of benzene rings is 2. The summed E-state index contributed by atoms with van der Waals surface area (Å²) in [5, 5.41) is 7.85. The Bertz CT molecular complexity index is 959. The lowest BCUT2D eigenvalue weighted by Crippen LogP contribution is -2.48. The molecule has 144 valence electrons. The van der Waals surface area contributed by atoms with Crippen LogP contribution >= 0.6 is 11.6 Å². The van der Waals surface area contributed by atoms with Crippen LogP contribution in [0.1, 0.15) is 21.6 Å². The monoisotopic (exact) mass is 394 g/mol. The molecule has 3 aromatic rings. The van der Waals surface area contributed by atoms with Gasteiger partial charge in [-0.05, 0) is 30.7 Å². The molecule has 28 heavy (non-hydrogen) atoms. The number of H-pyrrole nitrogens is 1. The first-order chi connectivity index (χ1) is 13.6. The highest BCUT2D eigenvalue weighted by Crippen LogP contribution is 2.21. The first-order valence-electron chi connectivity index (χ1n) is 9.47. The van der Waals surface area contributed by atoms with E-state index in [4.69, 9.17) is 11.6 Å². The maximum atomic E-state index is 12.8. The van der Waals surface area contributed by atoms with E-state index in [1.165, 1.54) is 11.1 Å². The minimum absolute atomic E-state index is 0.00270. The SMILES string of the molecule is Cc1cccc(CN2CCN(C(=O)c3cc(-c4ccc(Cl)cc4)n[nH]3)CC2)c1. The van der Waals surface area contributed by atoms with Crippen molar-refractivity contribution < 1.29 is 4.79 Å². The fraction of sp³-hybridized carbons (Fsp3) is 0.273. The molecular weight excluding hydrogens is 372 g/mol. The minimum atomic E-state index is 0.00270. The summed E-state index contributed by atoms with van der Waals surface area (Å²) >= 11 is 5.93. The molecule has 4 rings (SSSR count). The lowest BCUT2D eigenvalue weighted by Gasteiger charge is -2.34. The Morgan fingerprint density at radius 3 is 2.54 bits per heavy atom. The van der Waals surface area contributed by atoms with E-state index in [1.54, 1.807) is 0 Å². The van der Waals surface area contributed by atoms with Crippen LogP contribution in [-0.2, 0) is 6.54 Å². The van der Waals surface area contributed by atoms with Gasteiger partial charge < -0.3 is 4.90 Å². The third-order valence-electron chi connectivity index (χ3n) is 5.10. The van der Waals surface area contributed by atoms with Crippen molar-refractivity contribution in [1.82, 2.24) is 20.0 Å². The van der Waals surface area contributed by atoms with E-state index in [9.17, 15) is 4.79 Å². The number of hydrogen-bond acceptors (Lipinski definition) is 3. The van der Waals surface area contributed by atoms with Crippen LogP contribution in [0.15, 0.2) is 54.6 Å². The molecule has 1 saturated heterocycles. The molecule has 1 amide bonds. The number of halogens is 1. The van der Waals surface area contributed by atoms with Gasteiger partial charge in [0.05, 0.1) is 5.69 Å². The van der Waals surface area contributed by atoms with E-state index in [1.807, 2.05) is 35.2 Å². The molecule has 0 bridgehead atoms. The number of nitrogens with one attached hydrogen (secondary N) is 1. The van der Waals surface area contributed by atoms with Gasteiger partial charge in [0.15, 0.2) is 0 Å². The van der Waals surface area contributed by atoms with Gasteiger partial charge in [-0.25, -0.2) is 0 Å². The molecular formula is C22H23ClN4O. The molecule has 1 fully saturated rings. The highest BCUT2D eigenvalue weighted by molar-refractivity contribution is 6.30. The van der Waals surface area contributed by atoms with Gasteiger partial charge in [-0.3, -0.25) is 14.8 Å². The molecule has 5 nitrogen and oxygen atoms in total. The fourth-order valence-electron chi connectivity index (χ4n) is 3.55. The van der Waals surface area contributed by atoms with Crippen molar-refractivity contribution in [2.75, 3.05) is 26.2 Å². The lowest BCUT2D eigenvalue weighted by atomic mass is 10.1. The van der Waals surface area contributed by atoms with Crippen molar-refractivity contribution in [3.8, 4) is 11.3 Å². The summed E-state index contributed by atoms with van der Waals surface area (Å²) in [6, 6.07) is 17.8. The fourth-order valence-corrected chi connectivity index (χ4v) is 3.67. The van der Waals surface area contributed by atoms with Crippen LogP contribution in [0.4, 0.5) is 0 Å². The molecule has 1 N–H and O–H groups in total. The van der Waals surface area contributed by atoms with E-state index in [-0.39, 0.29) is 5.91 Å². The van der Waals surface area contributed by atoms with E-state index < -0.39 is 0 Å². The summed E-state index contributed by atoms with van der Waals surface area (Å²) in [5.74, 6) is 0.00270. The van der Waals surface area contributed by atoms with Crippen LogP contribution in [0.25, 0.3) is 11.3 Å². The number of aromatic nitrogens is 2. The summed E-state index contributed by atoms with van der Waals surface area (Å²) in [4.78, 5) is 17.1. The number of nitrogens with zero attached hydrogens (tertiary/aromatic N) is 3. The quantitative estimate of drug-likeness (QED) is 0.727. The molecule has 1 aliphatic rings. The van der Waals surface area contributed by atoms with Gasteiger partial charge in [0.2, 0.25) is 0 Å². The first-order valence-corrected chi connectivity index (χ1v) is 9.85. The van der Waals surface area contributed by atoms with Crippen molar-refractivity contribution in [2.45, 2.75) is 13.5 Å². The van der Waals surface area contributed by atoms with Gasteiger partial charge in [-0.15, -0.1) is 0 Å². The number of carbonyl (C=O) groups is 1. The Balaban J connectivity index is 1.36. The zero-order valence-electron chi connectivity index (χ0n) is 15.9. The average Bonchev–Trinajstić information content (AvgIpc) is 3.19. The molecule has 0 unspecified atom stereocenters. The van der Waals surface area contributed by atoms with E-state index in [2.05, 4.69) is 46.3 Å². The third kappa shape index (κ3) is 4.26. The van der Waals surface area contributed by atoms with Crippen LogP contribution in [0.5, 0.6) is 0 Å². The van der Waals surface area contributed by atoms with Crippen LogP contribution in [0, 0.1) is 6.92 Å². The summed E-state index contributed by atoms with van der Waals surface area (Å²) in [7, 11) is 0. The van der Waals surface area contributed by atoms with E-state index in [0.29, 0.717) is 10.7 Å². The van der Waals surface area contributed by atoms with E-state index in [0.717, 1.165) is 44.0 Å². The Kier molecular flexibility index (Phi) is 5.46. The predicted molar refractivity (Wildman–Crippen MR) is 111 cm³/mol. The Hall–Kier alpha value is -2.63. The zero-order chi connectivity index (χ0) is 19.5. The predicted octanol–water partition coefficient (Wildman–Crippen LogP) is 4.00. The number of aromatic amines is 1. The first kappa shape index (κ1) is 18.7. The number of piperazine rings is 1. The number of amides is 1. The largest absolute Gasteiger partial charge is 0.335 e.